The lowest BCUT2D eigenvalue weighted by Crippen LogP contribution is -2.28. The van der Waals surface area contributed by atoms with Crippen LogP contribution in [0.15, 0.2) is 12.4 Å². The maximum absolute atomic E-state index is 5.96. The number of alkyl halides is 1. The summed E-state index contributed by atoms with van der Waals surface area (Å²) in [6.45, 7) is 2.23. The molecule has 1 aromatic rings. The Kier molecular flexibility index (Phi) is 5.68. The fourth-order valence-corrected chi connectivity index (χ4v) is 1.57. The predicted octanol–water partition coefficient (Wildman–Crippen LogP) is 0.806. The molecule has 0 aliphatic carbocycles. The molecule has 86 valence electrons. The first kappa shape index (κ1) is 12.5. The molecule has 1 atom stereocenters. The molecule has 0 saturated carbocycles. The summed E-state index contributed by atoms with van der Waals surface area (Å²) in [4.78, 5) is 4.23. The zero-order chi connectivity index (χ0) is 11.1. The molecular weight excluding hydrogens is 214 g/mol. The van der Waals surface area contributed by atoms with Crippen LogP contribution in [-0.4, -0.2) is 41.7 Å². The summed E-state index contributed by atoms with van der Waals surface area (Å²) < 4.78 is 6.96. The fourth-order valence-electron chi connectivity index (χ4n) is 1.34. The smallest absolute Gasteiger partial charge is 0.109 e. The van der Waals surface area contributed by atoms with E-state index in [-0.39, 0.29) is 5.38 Å². The molecule has 1 unspecified atom stereocenters. The highest BCUT2D eigenvalue weighted by atomic mass is 35.5. The molecule has 0 spiro atoms. The van der Waals surface area contributed by atoms with Crippen LogP contribution in [-0.2, 0) is 18.2 Å². The Morgan fingerprint density at radius 1 is 1.67 bits per heavy atom. The van der Waals surface area contributed by atoms with Gasteiger partial charge in [0.2, 0.25) is 0 Å². The number of nitrogens with zero attached hydrogens (tertiary/aromatic N) is 2. The second kappa shape index (κ2) is 6.82. The van der Waals surface area contributed by atoms with E-state index in [1.54, 1.807) is 7.11 Å². The Hall–Kier alpha value is -0.580. The number of rotatable bonds is 7. The molecule has 1 heterocycles. The van der Waals surface area contributed by atoms with Crippen molar-refractivity contribution in [2.75, 3.05) is 26.8 Å². The van der Waals surface area contributed by atoms with Crippen LogP contribution in [0.1, 0.15) is 5.82 Å². The Labute approximate surface area is 95.6 Å². The van der Waals surface area contributed by atoms with Crippen molar-refractivity contribution in [3.63, 3.8) is 0 Å². The lowest BCUT2D eigenvalue weighted by molar-refractivity contribution is 0.197. The molecule has 4 nitrogen and oxygen atoms in total. The van der Waals surface area contributed by atoms with Gasteiger partial charge in [0.15, 0.2) is 0 Å². The van der Waals surface area contributed by atoms with Gasteiger partial charge in [0.25, 0.3) is 0 Å². The minimum Gasteiger partial charge on any atom is -0.383 e. The van der Waals surface area contributed by atoms with Gasteiger partial charge in [0.05, 0.1) is 12.0 Å². The van der Waals surface area contributed by atoms with Crippen LogP contribution >= 0.6 is 11.6 Å². The van der Waals surface area contributed by atoms with Crippen molar-refractivity contribution < 1.29 is 4.74 Å². The zero-order valence-electron chi connectivity index (χ0n) is 9.24. The number of ether oxygens (including phenoxy) is 1. The van der Waals surface area contributed by atoms with Crippen molar-refractivity contribution in [1.29, 1.82) is 0 Å². The van der Waals surface area contributed by atoms with Gasteiger partial charge in [-0.3, -0.25) is 0 Å². The van der Waals surface area contributed by atoms with Crippen LogP contribution in [0.5, 0.6) is 0 Å². The van der Waals surface area contributed by atoms with Crippen LogP contribution in [0, 0.1) is 0 Å². The number of imidazole rings is 1. The van der Waals surface area contributed by atoms with E-state index in [9.17, 15) is 0 Å². The molecule has 1 aromatic heterocycles. The van der Waals surface area contributed by atoms with E-state index in [2.05, 4.69) is 10.3 Å². The summed E-state index contributed by atoms with van der Waals surface area (Å²) in [6.07, 6.45) is 4.68. The summed E-state index contributed by atoms with van der Waals surface area (Å²) in [5, 5.41) is 3.31. The highest BCUT2D eigenvalue weighted by Crippen LogP contribution is 1.96. The Morgan fingerprint density at radius 2 is 2.47 bits per heavy atom. The lowest BCUT2D eigenvalue weighted by Gasteiger charge is -2.09. The van der Waals surface area contributed by atoms with Crippen molar-refractivity contribution in [1.82, 2.24) is 14.9 Å². The highest BCUT2D eigenvalue weighted by molar-refractivity contribution is 6.20. The van der Waals surface area contributed by atoms with E-state index in [4.69, 9.17) is 16.3 Å². The maximum Gasteiger partial charge on any atom is 0.109 e. The summed E-state index contributed by atoms with van der Waals surface area (Å²) >= 11 is 5.96. The van der Waals surface area contributed by atoms with E-state index >= 15 is 0 Å². The van der Waals surface area contributed by atoms with E-state index in [0.717, 1.165) is 25.3 Å². The number of hydrogen-bond donors (Lipinski definition) is 1. The Bertz CT molecular complexity index is 277. The van der Waals surface area contributed by atoms with Crippen LogP contribution in [0.2, 0.25) is 0 Å². The first-order valence-corrected chi connectivity index (χ1v) is 5.47. The Balaban J connectivity index is 2.09. The summed E-state index contributed by atoms with van der Waals surface area (Å²) in [7, 11) is 3.65. The molecular formula is C10H18ClN3O. The lowest BCUT2D eigenvalue weighted by atomic mass is 10.3. The molecule has 1 N–H and O–H groups in total. The fraction of sp³-hybridized carbons (Fsp3) is 0.700. The van der Waals surface area contributed by atoms with Gasteiger partial charge in [-0.2, -0.15) is 0 Å². The molecule has 0 fully saturated rings. The average molecular weight is 232 g/mol. The third-order valence-electron chi connectivity index (χ3n) is 2.16. The standard InChI is InChI=1S/C10H18ClN3O/c1-14-6-5-13-10(14)3-4-12-7-9(11)8-15-2/h5-6,9,12H,3-4,7-8H2,1-2H3. The van der Waals surface area contributed by atoms with Crippen LogP contribution < -0.4 is 5.32 Å². The van der Waals surface area contributed by atoms with E-state index in [1.165, 1.54) is 0 Å². The van der Waals surface area contributed by atoms with Crippen LogP contribution in [0.4, 0.5) is 0 Å². The Morgan fingerprint density at radius 3 is 3.07 bits per heavy atom. The van der Waals surface area contributed by atoms with Gasteiger partial charge < -0.3 is 14.6 Å². The first-order valence-electron chi connectivity index (χ1n) is 5.04. The third kappa shape index (κ3) is 4.64. The number of halogens is 1. The van der Waals surface area contributed by atoms with E-state index in [0.29, 0.717) is 6.61 Å². The van der Waals surface area contributed by atoms with Crippen molar-refractivity contribution in [3.05, 3.63) is 18.2 Å². The van der Waals surface area contributed by atoms with Gasteiger partial charge in [-0.05, 0) is 0 Å². The van der Waals surface area contributed by atoms with Gasteiger partial charge in [-0.25, -0.2) is 4.98 Å². The van der Waals surface area contributed by atoms with Gasteiger partial charge in [-0.15, -0.1) is 11.6 Å². The number of nitrogens with one attached hydrogen (secondary N) is 1. The quantitative estimate of drug-likeness (QED) is 0.558. The molecule has 0 amide bonds. The first-order chi connectivity index (χ1) is 7.24. The van der Waals surface area contributed by atoms with E-state index < -0.39 is 0 Å². The van der Waals surface area contributed by atoms with Gasteiger partial charge >= 0.3 is 0 Å². The molecule has 15 heavy (non-hydrogen) atoms. The minimum atomic E-state index is 0.0383. The van der Waals surface area contributed by atoms with Crippen molar-refractivity contribution in [3.8, 4) is 0 Å². The molecule has 0 aromatic carbocycles. The van der Waals surface area contributed by atoms with Crippen molar-refractivity contribution in [2.45, 2.75) is 11.8 Å². The van der Waals surface area contributed by atoms with Crippen LogP contribution in [0.25, 0.3) is 0 Å². The topological polar surface area (TPSA) is 39.1 Å². The molecule has 0 radical (unpaired) electrons. The number of hydrogen-bond acceptors (Lipinski definition) is 3. The molecule has 0 aliphatic heterocycles. The maximum atomic E-state index is 5.96. The van der Waals surface area contributed by atoms with Crippen LogP contribution in [0.3, 0.4) is 0 Å². The zero-order valence-corrected chi connectivity index (χ0v) is 10.00. The average Bonchev–Trinajstić information content (AvgIpc) is 2.60. The van der Waals surface area contributed by atoms with Gasteiger partial charge in [0, 0.05) is 46.1 Å². The summed E-state index contributed by atoms with van der Waals surface area (Å²) in [5.41, 5.74) is 0. The van der Waals surface area contributed by atoms with Gasteiger partial charge in [-0.1, -0.05) is 0 Å². The monoisotopic (exact) mass is 231 g/mol. The number of methoxy groups -OCH3 is 1. The largest absolute Gasteiger partial charge is 0.383 e. The molecule has 0 bridgehead atoms. The second-order valence-corrected chi connectivity index (χ2v) is 4.08. The highest BCUT2D eigenvalue weighted by Gasteiger charge is 2.03. The van der Waals surface area contributed by atoms with Crippen molar-refractivity contribution in [2.24, 2.45) is 7.05 Å². The molecule has 0 saturated heterocycles. The molecule has 0 aliphatic rings. The SMILES string of the molecule is COCC(Cl)CNCCc1nccn1C. The van der Waals surface area contributed by atoms with E-state index in [1.807, 2.05) is 24.0 Å². The van der Waals surface area contributed by atoms with Gasteiger partial charge in [0.1, 0.15) is 5.82 Å². The summed E-state index contributed by atoms with van der Waals surface area (Å²) in [5.74, 6) is 1.08. The summed E-state index contributed by atoms with van der Waals surface area (Å²) in [6, 6.07) is 0. The molecule has 5 heteroatoms. The number of aromatic nitrogens is 2. The number of aryl methyl sites for hydroxylation is 1. The second-order valence-electron chi connectivity index (χ2n) is 3.46. The minimum absolute atomic E-state index is 0.0383. The third-order valence-corrected chi connectivity index (χ3v) is 2.44. The molecule has 1 rings (SSSR count). The predicted molar refractivity (Wildman–Crippen MR) is 61.3 cm³/mol. The van der Waals surface area contributed by atoms with Crippen molar-refractivity contribution >= 4 is 11.6 Å². The normalized spacial score (nSPS) is 13.0.